The van der Waals surface area contributed by atoms with Crippen LogP contribution in [0.15, 0.2) is 0 Å². The van der Waals surface area contributed by atoms with E-state index in [9.17, 15) is 40.2 Å². The number of rotatable bonds is 34. The van der Waals surface area contributed by atoms with Crippen molar-refractivity contribution < 1.29 is 63.9 Å². The lowest BCUT2D eigenvalue weighted by Gasteiger charge is -2.44. The van der Waals surface area contributed by atoms with Gasteiger partial charge in [-0.2, -0.15) is 0 Å². The van der Waals surface area contributed by atoms with E-state index in [4.69, 9.17) is 23.7 Å². The number of esters is 2. The maximum Gasteiger partial charge on any atom is 0.305 e. The number of carbonyl (C=O) groups excluding carboxylic acids is 2. The summed E-state index contributed by atoms with van der Waals surface area (Å²) in [6.45, 7) is 3.62. The van der Waals surface area contributed by atoms with Crippen LogP contribution >= 0.6 is 0 Å². The van der Waals surface area contributed by atoms with Crippen LogP contribution < -0.4 is 0 Å². The van der Waals surface area contributed by atoms with E-state index in [2.05, 4.69) is 13.8 Å². The Bertz CT molecular complexity index is 925. The highest BCUT2D eigenvalue weighted by atomic mass is 16.8. The lowest BCUT2D eigenvalue weighted by molar-refractivity contribution is -0.376. The molecular weight excluding hydrogens is 736 g/mol. The Morgan fingerprint density at radius 3 is 0.930 bits per heavy atom. The SMILES string of the molecule is CCCCCCCCCCCCCCCC(=O)OCC1OC(OC2OC(COC(=O)CCCCCCCCCCCCCCC)C(O)C(O)C2O)C(O)C(O)C1O. The van der Waals surface area contributed by atoms with Crippen molar-refractivity contribution in [2.75, 3.05) is 13.2 Å². The molecule has 0 spiro atoms. The highest BCUT2D eigenvalue weighted by Gasteiger charge is 2.50. The molecule has 2 saturated heterocycles. The molecule has 0 bridgehead atoms. The maximum absolute atomic E-state index is 12.4. The Labute approximate surface area is 343 Å². The summed E-state index contributed by atoms with van der Waals surface area (Å²) in [7, 11) is 0. The van der Waals surface area contributed by atoms with Crippen molar-refractivity contribution >= 4 is 11.9 Å². The number of aliphatic hydroxyl groups is 6. The van der Waals surface area contributed by atoms with E-state index in [0.717, 1.165) is 38.5 Å². The molecule has 0 amide bonds. The van der Waals surface area contributed by atoms with Crippen LogP contribution in [0.3, 0.4) is 0 Å². The molecule has 10 atom stereocenters. The van der Waals surface area contributed by atoms with Gasteiger partial charge in [-0.1, -0.05) is 168 Å². The van der Waals surface area contributed by atoms with Gasteiger partial charge in [0, 0.05) is 12.8 Å². The smallest absolute Gasteiger partial charge is 0.305 e. The number of unbranched alkanes of at least 4 members (excludes halogenated alkanes) is 24. The van der Waals surface area contributed by atoms with Crippen molar-refractivity contribution in [1.82, 2.24) is 0 Å². The fraction of sp³-hybridized carbons (Fsp3) is 0.955. The van der Waals surface area contributed by atoms with E-state index in [1.165, 1.54) is 116 Å². The Balaban J connectivity index is 1.65. The van der Waals surface area contributed by atoms with Crippen LogP contribution in [0.5, 0.6) is 0 Å². The molecule has 2 aliphatic rings. The first kappa shape index (κ1) is 51.7. The molecule has 336 valence electrons. The minimum Gasteiger partial charge on any atom is -0.463 e. The maximum atomic E-state index is 12.4. The van der Waals surface area contributed by atoms with Gasteiger partial charge in [0.2, 0.25) is 0 Å². The normalized spacial score (nSPS) is 27.7. The van der Waals surface area contributed by atoms with Gasteiger partial charge in [0.05, 0.1) is 0 Å². The molecule has 57 heavy (non-hydrogen) atoms. The molecule has 10 unspecified atom stereocenters. The summed E-state index contributed by atoms with van der Waals surface area (Å²) in [5, 5.41) is 63.3. The monoisotopic (exact) mass is 819 g/mol. The molecule has 13 nitrogen and oxygen atoms in total. The van der Waals surface area contributed by atoms with Gasteiger partial charge >= 0.3 is 11.9 Å². The highest BCUT2D eigenvalue weighted by molar-refractivity contribution is 5.69. The summed E-state index contributed by atoms with van der Waals surface area (Å²) in [5.41, 5.74) is 0. The molecule has 0 saturated carbocycles. The van der Waals surface area contributed by atoms with E-state index >= 15 is 0 Å². The summed E-state index contributed by atoms with van der Waals surface area (Å²) >= 11 is 0. The Morgan fingerprint density at radius 2 is 0.649 bits per heavy atom. The lowest BCUT2D eigenvalue weighted by Crippen LogP contribution is -2.64. The van der Waals surface area contributed by atoms with Gasteiger partial charge in [-0.25, -0.2) is 0 Å². The van der Waals surface area contributed by atoms with Crippen LogP contribution in [0, 0.1) is 0 Å². The Morgan fingerprint density at radius 1 is 0.386 bits per heavy atom. The largest absolute Gasteiger partial charge is 0.463 e. The quantitative estimate of drug-likeness (QED) is 0.0297. The molecule has 2 heterocycles. The van der Waals surface area contributed by atoms with E-state index in [0.29, 0.717) is 12.8 Å². The van der Waals surface area contributed by atoms with Gasteiger partial charge in [0.15, 0.2) is 12.6 Å². The number of hydrogen-bond acceptors (Lipinski definition) is 13. The summed E-state index contributed by atoms with van der Waals surface area (Å²) in [6.07, 6.45) is 14.9. The van der Waals surface area contributed by atoms with E-state index < -0.39 is 86.6 Å². The standard InChI is InChI=1S/C44H82O13/c1-3-5-7-9-11-13-15-17-19-21-23-25-27-29-35(45)53-31-33-37(47)39(49)41(51)43(55-33)57-44-42(52)40(50)38(48)34(56-44)32-54-36(46)30-28-26-24-22-20-18-16-14-12-10-8-6-4-2/h33-34,37-44,47-52H,3-32H2,1-2H3. The predicted octanol–water partition coefficient (Wildman–Crippen LogP) is 6.67. The Hall–Kier alpha value is -1.42. The van der Waals surface area contributed by atoms with Crippen molar-refractivity contribution in [3.05, 3.63) is 0 Å². The number of carbonyl (C=O) groups is 2. The molecule has 2 aliphatic heterocycles. The highest BCUT2D eigenvalue weighted by Crippen LogP contribution is 2.29. The van der Waals surface area contributed by atoms with Crippen LogP contribution in [-0.2, 0) is 33.3 Å². The van der Waals surface area contributed by atoms with Gasteiger partial charge < -0.3 is 54.3 Å². The van der Waals surface area contributed by atoms with Crippen molar-refractivity contribution in [3.63, 3.8) is 0 Å². The molecule has 0 aromatic heterocycles. The third-order valence-corrected chi connectivity index (χ3v) is 11.4. The van der Waals surface area contributed by atoms with Crippen molar-refractivity contribution in [3.8, 4) is 0 Å². The predicted molar refractivity (Wildman–Crippen MR) is 217 cm³/mol. The van der Waals surface area contributed by atoms with Crippen molar-refractivity contribution in [1.29, 1.82) is 0 Å². The number of hydrogen-bond donors (Lipinski definition) is 6. The van der Waals surface area contributed by atoms with Gasteiger partial charge in [-0.05, 0) is 12.8 Å². The fourth-order valence-corrected chi connectivity index (χ4v) is 7.53. The second-order valence-corrected chi connectivity index (χ2v) is 16.5. The second-order valence-electron chi connectivity index (χ2n) is 16.5. The molecule has 0 radical (unpaired) electrons. The van der Waals surface area contributed by atoms with Crippen molar-refractivity contribution in [2.24, 2.45) is 0 Å². The minimum atomic E-state index is -1.80. The summed E-state index contributed by atoms with van der Waals surface area (Å²) in [6, 6.07) is 0. The van der Waals surface area contributed by atoms with E-state index in [-0.39, 0.29) is 12.8 Å². The molecule has 0 aromatic rings. The van der Waals surface area contributed by atoms with E-state index in [1.807, 2.05) is 0 Å². The topological polar surface area (TPSA) is 202 Å². The van der Waals surface area contributed by atoms with Crippen molar-refractivity contribution in [2.45, 2.75) is 255 Å². The first-order valence-electron chi connectivity index (χ1n) is 23.0. The van der Waals surface area contributed by atoms with Gasteiger partial charge in [-0.15, -0.1) is 0 Å². The lowest BCUT2D eigenvalue weighted by atomic mass is 9.98. The third kappa shape index (κ3) is 22.1. The van der Waals surface area contributed by atoms with Crippen LogP contribution in [-0.4, -0.2) is 117 Å². The molecule has 0 aliphatic carbocycles. The summed E-state index contributed by atoms with van der Waals surface area (Å²) in [5.74, 6) is -0.969. The van der Waals surface area contributed by atoms with Crippen LogP contribution in [0.2, 0.25) is 0 Å². The molecule has 13 heteroatoms. The summed E-state index contributed by atoms with van der Waals surface area (Å²) in [4.78, 5) is 24.8. The Kier molecular flexibility index (Phi) is 29.4. The first-order chi connectivity index (χ1) is 27.6. The zero-order valence-electron chi connectivity index (χ0n) is 35.5. The first-order valence-corrected chi connectivity index (χ1v) is 23.0. The average Bonchev–Trinajstić information content (AvgIpc) is 3.20. The third-order valence-electron chi connectivity index (χ3n) is 11.4. The molecule has 0 aromatic carbocycles. The average molecular weight is 819 g/mol. The van der Waals surface area contributed by atoms with Gasteiger partial charge in [0.25, 0.3) is 0 Å². The zero-order chi connectivity index (χ0) is 41.7. The number of aliphatic hydroxyl groups excluding tert-OH is 6. The number of ether oxygens (including phenoxy) is 5. The van der Waals surface area contributed by atoms with E-state index in [1.54, 1.807) is 0 Å². The zero-order valence-corrected chi connectivity index (χ0v) is 35.5. The molecule has 2 rings (SSSR count). The van der Waals surface area contributed by atoms with Crippen LogP contribution in [0.25, 0.3) is 0 Å². The van der Waals surface area contributed by atoms with Crippen LogP contribution in [0.1, 0.15) is 194 Å². The van der Waals surface area contributed by atoms with Gasteiger partial charge in [0.1, 0.15) is 62.0 Å². The van der Waals surface area contributed by atoms with Gasteiger partial charge in [-0.3, -0.25) is 9.59 Å². The molecule has 2 fully saturated rings. The summed E-state index contributed by atoms with van der Waals surface area (Å²) < 4.78 is 27.5. The molecule has 6 N–H and O–H groups in total. The molecular formula is C44H82O13. The minimum absolute atomic E-state index is 0.194. The van der Waals surface area contributed by atoms with Crippen LogP contribution in [0.4, 0.5) is 0 Å². The fourth-order valence-electron chi connectivity index (χ4n) is 7.53. The second kappa shape index (κ2) is 32.4.